The van der Waals surface area contributed by atoms with Crippen molar-refractivity contribution in [3.63, 3.8) is 0 Å². The van der Waals surface area contributed by atoms with Crippen LogP contribution >= 0.6 is 0 Å². The van der Waals surface area contributed by atoms with Gasteiger partial charge in [-0.2, -0.15) is 0 Å². The fourth-order valence-electron chi connectivity index (χ4n) is 1.97. The Morgan fingerprint density at radius 3 is 2.63 bits per heavy atom. The number of carbonyl (C=O) groups is 1. The average molecular weight is 269 g/mol. The minimum absolute atomic E-state index is 0.137. The van der Waals surface area contributed by atoms with Crippen LogP contribution in [-0.2, 0) is 9.47 Å². The Morgan fingerprint density at radius 1 is 1.42 bits per heavy atom. The second-order valence-electron chi connectivity index (χ2n) is 4.23. The fourth-order valence-corrected chi connectivity index (χ4v) is 1.97. The van der Waals surface area contributed by atoms with E-state index in [1.165, 1.54) is 19.4 Å². The minimum atomic E-state index is -1.16. The molecule has 2 rings (SSSR count). The average Bonchev–Trinajstić information content (AvgIpc) is 2.74. The van der Waals surface area contributed by atoms with Crippen LogP contribution in [0.25, 0.3) is 0 Å². The number of ether oxygens (including phenoxy) is 2. The molecule has 0 aliphatic carbocycles. The molecule has 7 heteroatoms. The van der Waals surface area contributed by atoms with Gasteiger partial charge in [0.1, 0.15) is 30.1 Å². The highest BCUT2D eigenvalue weighted by Gasteiger charge is 2.43. The van der Waals surface area contributed by atoms with E-state index < -0.39 is 30.4 Å². The Morgan fingerprint density at radius 2 is 2.16 bits per heavy atom. The van der Waals surface area contributed by atoms with Crippen LogP contribution in [0.5, 0.6) is 0 Å². The number of esters is 1. The number of hydrogen-bond donors (Lipinski definition) is 3. The number of aliphatic hydroxyl groups is 3. The molecule has 0 amide bonds. The van der Waals surface area contributed by atoms with Gasteiger partial charge < -0.3 is 24.8 Å². The van der Waals surface area contributed by atoms with E-state index in [0.29, 0.717) is 5.56 Å². The first-order valence-corrected chi connectivity index (χ1v) is 5.75. The van der Waals surface area contributed by atoms with Crippen molar-refractivity contribution in [2.24, 2.45) is 0 Å². The van der Waals surface area contributed by atoms with Gasteiger partial charge in [0.05, 0.1) is 13.7 Å². The van der Waals surface area contributed by atoms with Crippen molar-refractivity contribution in [3.8, 4) is 0 Å². The lowest BCUT2D eigenvalue weighted by Gasteiger charge is -2.14. The van der Waals surface area contributed by atoms with Gasteiger partial charge in [-0.3, -0.25) is 0 Å². The lowest BCUT2D eigenvalue weighted by Crippen LogP contribution is -2.32. The second-order valence-corrected chi connectivity index (χ2v) is 4.23. The quantitative estimate of drug-likeness (QED) is 0.605. The largest absolute Gasteiger partial charge is 0.464 e. The molecule has 0 spiro atoms. The number of methoxy groups -OCH3 is 1. The van der Waals surface area contributed by atoms with Crippen LogP contribution in [0.3, 0.4) is 0 Å². The number of aliphatic hydroxyl groups excluding tert-OH is 3. The summed E-state index contributed by atoms with van der Waals surface area (Å²) >= 11 is 0. The third-order valence-corrected chi connectivity index (χ3v) is 3.05. The van der Waals surface area contributed by atoms with E-state index in [-0.39, 0.29) is 12.3 Å². The van der Waals surface area contributed by atoms with Gasteiger partial charge in [0, 0.05) is 11.8 Å². The van der Waals surface area contributed by atoms with Gasteiger partial charge in [-0.15, -0.1) is 0 Å². The number of aromatic nitrogens is 1. The maximum Gasteiger partial charge on any atom is 0.356 e. The molecule has 1 aromatic rings. The van der Waals surface area contributed by atoms with Crippen molar-refractivity contribution in [3.05, 3.63) is 29.6 Å². The van der Waals surface area contributed by atoms with Gasteiger partial charge in [-0.1, -0.05) is 6.07 Å². The van der Waals surface area contributed by atoms with E-state index >= 15 is 0 Å². The van der Waals surface area contributed by atoms with Crippen LogP contribution in [0.4, 0.5) is 0 Å². The smallest absolute Gasteiger partial charge is 0.356 e. The molecule has 104 valence electrons. The summed E-state index contributed by atoms with van der Waals surface area (Å²) in [6, 6.07) is 3.00. The molecule has 4 atom stereocenters. The molecule has 2 heterocycles. The van der Waals surface area contributed by atoms with Crippen LogP contribution in [0.1, 0.15) is 22.2 Å². The predicted octanol–water partition coefficient (Wildman–Crippen LogP) is -0.978. The van der Waals surface area contributed by atoms with E-state index in [4.69, 9.17) is 9.84 Å². The van der Waals surface area contributed by atoms with Crippen LogP contribution in [0.15, 0.2) is 18.3 Å². The summed E-state index contributed by atoms with van der Waals surface area (Å²) in [5.41, 5.74) is 0.646. The number of hydrogen-bond acceptors (Lipinski definition) is 7. The summed E-state index contributed by atoms with van der Waals surface area (Å²) < 4.78 is 9.86. The first-order valence-electron chi connectivity index (χ1n) is 5.75. The summed E-state index contributed by atoms with van der Waals surface area (Å²) in [6.07, 6.45) is -2.56. The molecule has 1 aromatic heterocycles. The summed E-state index contributed by atoms with van der Waals surface area (Å²) in [5, 5.41) is 28.5. The number of pyridine rings is 1. The van der Waals surface area contributed by atoms with Crippen molar-refractivity contribution in [2.45, 2.75) is 24.4 Å². The second kappa shape index (κ2) is 5.62. The van der Waals surface area contributed by atoms with E-state index in [1.807, 2.05) is 0 Å². The molecule has 0 bridgehead atoms. The van der Waals surface area contributed by atoms with E-state index in [9.17, 15) is 15.0 Å². The number of rotatable bonds is 3. The molecule has 0 radical (unpaired) electrons. The Kier molecular flexibility index (Phi) is 4.11. The first-order chi connectivity index (χ1) is 9.08. The van der Waals surface area contributed by atoms with Gasteiger partial charge in [0.2, 0.25) is 0 Å². The van der Waals surface area contributed by atoms with Crippen LogP contribution in [0.2, 0.25) is 0 Å². The lowest BCUT2D eigenvalue weighted by molar-refractivity contribution is -0.0228. The molecule has 1 unspecified atom stereocenters. The molecule has 19 heavy (non-hydrogen) atoms. The van der Waals surface area contributed by atoms with E-state index in [0.717, 1.165) is 0 Å². The standard InChI is InChI=1S/C12H15NO6/c1-18-12(17)7-3-2-6(4-13-7)11-10(16)9(15)8(5-14)19-11/h2-4,8-11,14-16H,5H2,1H3/t8-,9-,10-,11?/m1/s1. The maximum absolute atomic E-state index is 11.2. The Bertz CT molecular complexity index is 448. The maximum atomic E-state index is 11.2. The first kappa shape index (κ1) is 13.9. The molecular weight excluding hydrogens is 254 g/mol. The highest BCUT2D eigenvalue weighted by molar-refractivity contribution is 5.86. The van der Waals surface area contributed by atoms with Crippen molar-refractivity contribution in [1.82, 2.24) is 4.98 Å². The van der Waals surface area contributed by atoms with Crippen LogP contribution < -0.4 is 0 Å². The molecule has 1 fully saturated rings. The van der Waals surface area contributed by atoms with Crippen molar-refractivity contribution < 1.29 is 29.6 Å². The zero-order chi connectivity index (χ0) is 14.0. The summed E-state index contributed by atoms with van der Waals surface area (Å²) in [4.78, 5) is 15.1. The lowest BCUT2D eigenvalue weighted by atomic mass is 10.0. The molecule has 0 saturated carbocycles. The van der Waals surface area contributed by atoms with Gasteiger partial charge in [0.15, 0.2) is 0 Å². The van der Waals surface area contributed by atoms with Gasteiger partial charge in [-0.05, 0) is 6.07 Å². The van der Waals surface area contributed by atoms with E-state index in [1.54, 1.807) is 6.07 Å². The number of carbonyl (C=O) groups excluding carboxylic acids is 1. The highest BCUT2D eigenvalue weighted by atomic mass is 16.6. The fraction of sp³-hybridized carbons (Fsp3) is 0.500. The zero-order valence-electron chi connectivity index (χ0n) is 10.3. The normalized spacial score (nSPS) is 30.3. The van der Waals surface area contributed by atoms with Crippen molar-refractivity contribution >= 4 is 5.97 Å². The van der Waals surface area contributed by atoms with Gasteiger partial charge >= 0.3 is 5.97 Å². The predicted molar refractivity (Wildman–Crippen MR) is 62.3 cm³/mol. The molecule has 1 saturated heterocycles. The summed E-state index contributed by atoms with van der Waals surface area (Å²) in [5.74, 6) is -0.562. The Labute approximate surface area is 109 Å². The minimum Gasteiger partial charge on any atom is -0.464 e. The topological polar surface area (TPSA) is 109 Å². The van der Waals surface area contributed by atoms with Crippen LogP contribution in [0, 0.1) is 0 Å². The third-order valence-electron chi connectivity index (χ3n) is 3.05. The van der Waals surface area contributed by atoms with E-state index in [2.05, 4.69) is 9.72 Å². The number of nitrogens with zero attached hydrogens (tertiary/aromatic N) is 1. The van der Waals surface area contributed by atoms with Crippen molar-refractivity contribution in [1.29, 1.82) is 0 Å². The van der Waals surface area contributed by atoms with Gasteiger partial charge in [0.25, 0.3) is 0 Å². The Hall–Kier alpha value is -1.54. The molecule has 0 aromatic carbocycles. The summed E-state index contributed by atoms with van der Waals surface area (Å²) in [6.45, 7) is -0.387. The third kappa shape index (κ3) is 2.59. The molecule has 1 aliphatic rings. The molecule has 1 aliphatic heterocycles. The Balaban J connectivity index is 2.17. The molecule has 3 N–H and O–H groups in total. The molecular formula is C12H15NO6. The molecule has 7 nitrogen and oxygen atoms in total. The van der Waals surface area contributed by atoms with Crippen molar-refractivity contribution in [2.75, 3.05) is 13.7 Å². The highest BCUT2D eigenvalue weighted by Crippen LogP contribution is 2.33. The SMILES string of the molecule is COC(=O)c1ccc(C2O[C@H](CO)[C@@H](O)[C@H]2O)cn1. The van der Waals surface area contributed by atoms with Gasteiger partial charge in [-0.25, -0.2) is 9.78 Å². The zero-order valence-corrected chi connectivity index (χ0v) is 10.3. The monoisotopic (exact) mass is 269 g/mol. The van der Waals surface area contributed by atoms with Crippen LogP contribution in [-0.4, -0.2) is 58.3 Å². The summed E-state index contributed by atoms with van der Waals surface area (Å²) in [7, 11) is 1.25.